The smallest absolute Gasteiger partial charge is 0.143 e. The van der Waals surface area contributed by atoms with Crippen LogP contribution in [0.3, 0.4) is 0 Å². The number of hydrogen-bond donors (Lipinski definition) is 3. The van der Waals surface area contributed by atoms with Gasteiger partial charge < -0.3 is 0 Å². The van der Waals surface area contributed by atoms with Crippen molar-refractivity contribution in [2.24, 2.45) is 5.84 Å². The molecule has 2 aromatic rings. The molecule has 0 bridgehead atoms. The maximum absolute atomic E-state index is 5.55. The molecule has 17 heavy (non-hydrogen) atoms. The fourth-order valence-electron chi connectivity index (χ4n) is 2.04. The zero-order valence-electron chi connectivity index (χ0n) is 10.1. The average molecular weight is 231 g/mol. The third-order valence-electron chi connectivity index (χ3n) is 2.69. The van der Waals surface area contributed by atoms with E-state index in [1.54, 1.807) is 0 Å². The summed E-state index contributed by atoms with van der Waals surface area (Å²) in [6, 6.07) is 6.43. The number of aryl methyl sites for hydroxylation is 2. The van der Waals surface area contributed by atoms with Crippen molar-refractivity contribution in [2.75, 3.05) is 0 Å². The molecular formula is C12H17N5. The molecule has 4 N–H and O–H groups in total. The number of benzene rings is 1. The van der Waals surface area contributed by atoms with E-state index in [4.69, 9.17) is 5.84 Å². The fourth-order valence-corrected chi connectivity index (χ4v) is 2.04. The van der Waals surface area contributed by atoms with E-state index in [1.165, 1.54) is 23.0 Å². The van der Waals surface area contributed by atoms with Gasteiger partial charge in [0.15, 0.2) is 0 Å². The highest BCUT2D eigenvalue weighted by molar-refractivity contribution is 5.29. The van der Waals surface area contributed by atoms with Crippen LogP contribution in [0, 0.1) is 13.8 Å². The average Bonchev–Trinajstić information content (AvgIpc) is 2.77. The van der Waals surface area contributed by atoms with E-state index in [1.807, 2.05) is 0 Å². The molecule has 0 amide bonds. The van der Waals surface area contributed by atoms with E-state index >= 15 is 0 Å². The number of nitrogens with zero attached hydrogens (tertiary/aromatic N) is 2. The highest BCUT2D eigenvalue weighted by Crippen LogP contribution is 2.16. The highest BCUT2D eigenvalue weighted by atomic mass is 15.3. The van der Waals surface area contributed by atoms with Gasteiger partial charge in [-0.1, -0.05) is 29.3 Å². The van der Waals surface area contributed by atoms with Crippen LogP contribution in [0.4, 0.5) is 0 Å². The zero-order chi connectivity index (χ0) is 12.3. The summed E-state index contributed by atoms with van der Waals surface area (Å²) in [4.78, 5) is 4.12. The predicted octanol–water partition coefficient (Wildman–Crippen LogP) is 1.17. The van der Waals surface area contributed by atoms with Gasteiger partial charge >= 0.3 is 0 Å². The first-order chi connectivity index (χ1) is 8.19. The summed E-state index contributed by atoms with van der Waals surface area (Å²) >= 11 is 0. The van der Waals surface area contributed by atoms with E-state index in [0.717, 1.165) is 12.2 Å². The highest BCUT2D eigenvalue weighted by Gasteiger charge is 2.13. The molecular weight excluding hydrogens is 214 g/mol. The first kappa shape index (κ1) is 11.8. The summed E-state index contributed by atoms with van der Waals surface area (Å²) in [6.07, 6.45) is 2.27. The Morgan fingerprint density at radius 1 is 1.29 bits per heavy atom. The Bertz CT molecular complexity index is 457. The molecule has 1 unspecified atom stereocenters. The fraction of sp³-hybridized carbons (Fsp3) is 0.333. The van der Waals surface area contributed by atoms with Crippen molar-refractivity contribution in [3.63, 3.8) is 0 Å². The second kappa shape index (κ2) is 5.07. The minimum Gasteiger partial charge on any atom is -0.271 e. The Morgan fingerprint density at radius 2 is 2.00 bits per heavy atom. The van der Waals surface area contributed by atoms with Gasteiger partial charge in [0.25, 0.3) is 0 Å². The van der Waals surface area contributed by atoms with Gasteiger partial charge in [-0.3, -0.25) is 10.9 Å². The second-order valence-corrected chi connectivity index (χ2v) is 4.29. The van der Waals surface area contributed by atoms with Gasteiger partial charge in [-0.2, -0.15) is 5.10 Å². The molecule has 1 aromatic heterocycles. The first-order valence-corrected chi connectivity index (χ1v) is 5.57. The molecule has 5 nitrogen and oxygen atoms in total. The van der Waals surface area contributed by atoms with Gasteiger partial charge in [-0.25, -0.2) is 10.4 Å². The number of H-pyrrole nitrogens is 1. The maximum atomic E-state index is 5.55. The van der Waals surface area contributed by atoms with E-state index in [-0.39, 0.29) is 6.04 Å². The van der Waals surface area contributed by atoms with E-state index < -0.39 is 0 Å². The van der Waals surface area contributed by atoms with Gasteiger partial charge in [-0.15, -0.1) is 0 Å². The van der Waals surface area contributed by atoms with Crippen LogP contribution in [-0.4, -0.2) is 15.2 Å². The van der Waals surface area contributed by atoms with Crippen molar-refractivity contribution in [2.45, 2.75) is 26.3 Å². The molecule has 1 aromatic carbocycles. The summed E-state index contributed by atoms with van der Waals surface area (Å²) in [5, 5.41) is 6.67. The van der Waals surface area contributed by atoms with Crippen LogP contribution >= 0.6 is 0 Å². The Balaban J connectivity index is 2.18. The van der Waals surface area contributed by atoms with E-state index in [0.29, 0.717) is 0 Å². The lowest BCUT2D eigenvalue weighted by atomic mass is 10.0. The number of aromatic nitrogens is 3. The Morgan fingerprint density at radius 3 is 2.53 bits per heavy atom. The van der Waals surface area contributed by atoms with E-state index in [9.17, 15) is 0 Å². The van der Waals surface area contributed by atoms with E-state index in [2.05, 4.69) is 52.7 Å². The summed E-state index contributed by atoms with van der Waals surface area (Å²) in [5.74, 6) is 6.31. The first-order valence-electron chi connectivity index (χ1n) is 5.57. The van der Waals surface area contributed by atoms with Crippen molar-refractivity contribution < 1.29 is 0 Å². The maximum Gasteiger partial charge on any atom is 0.143 e. The van der Waals surface area contributed by atoms with Crippen LogP contribution in [0.25, 0.3) is 0 Å². The molecule has 0 aliphatic rings. The Kier molecular flexibility index (Phi) is 3.51. The van der Waals surface area contributed by atoms with Crippen molar-refractivity contribution in [1.29, 1.82) is 0 Å². The third-order valence-corrected chi connectivity index (χ3v) is 2.69. The number of nitrogens with two attached hydrogens (primary N) is 1. The van der Waals surface area contributed by atoms with Crippen LogP contribution < -0.4 is 11.3 Å². The van der Waals surface area contributed by atoms with Crippen molar-refractivity contribution in [3.05, 3.63) is 47.0 Å². The molecule has 0 aliphatic heterocycles. The Hall–Kier alpha value is -1.72. The third kappa shape index (κ3) is 2.89. The number of hydrogen-bond acceptors (Lipinski definition) is 4. The lowest BCUT2D eigenvalue weighted by molar-refractivity contribution is 0.524. The van der Waals surface area contributed by atoms with Gasteiger partial charge in [-0.05, 0) is 25.8 Å². The molecule has 0 saturated carbocycles. The topological polar surface area (TPSA) is 79.6 Å². The molecule has 1 atom stereocenters. The normalized spacial score (nSPS) is 12.6. The summed E-state index contributed by atoms with van der Waals surface area (Å²) in [7, 11) is 0. The molecule has 1 heterocycles. The number of nitrogens with one attached hydrogen (secondary N) is 2. The summed E-state index contributed by atoms with van der Waals surface area (Å²) in [5.41, 5.74) is 6.51. The lowest BCUT2D eigenvalue weighted by Crippen LogP contribution is -2.30. The molecule has 0 fully saturated rings. The van der Waals surface area contributed by atoms with Crippen LogP contribution in [0.15, 0.2) is 24.5 Å². The largest absolute Gasteiger partial charge is 0.271 e. The zero-order valence-corrected chi connectivity index (χ0v) is 10.1. The lowest BCUT2D eigenvalue weighted by Gasteiger charge is -2.13. The molecule has 0 spiro atoms. The molecule has 0 aliphatic carbocycles. The molecule has 0 radical (unpaired) electrons. The molecule has 0 saturated heterocycles. The van der Waals surface area contributed by atoms with Gasteiger partial charge in [0.1, 0.15) is 12.2 Å². The minimum absolute atomic E-state index is 0.0429. The minimum atomic E-state index is -0.0429. The Labute approximate surface area is 100 Å². The van der Waals surface area contributed by atoms with Crippen LogP contribution in [0.5, 0.6) is 0 Å². The second-order valence-electron chi connectivity index (χ2n) is 4.29. The summed E-state index contributed by atoms with van der Waals surface area (Å²) < 4.78 is 0. The number of hydrazine groups is 1. The molecule has 5 heteroatoms. The van der Waals surface area contributed by atoms with Crippen LogP contribution in [-0.2, 0) is 6.42 Å². The number of rotatable bonds is 4. The van der Waals surface area contributed by atoms with Gasteiger partial charge in [0.05, 0.1) is 6.04 Å². The van der Waals surface area contributed by atoms with Crippen LogP contribution in [0.2, 0.25) is 0 Å². The quantitative estimate of drug-likeness (QED) is 0.545. The SMILES string of the molecule is Cc1cc(C)cc(CC(NN)c2ncn[nH]2)c1. The molecule has 2 rings (SSSR count). The van der Waals surface area contributed by atoms with Crippen molar-refractivity contribution in [3.8, 4) is 0 Å². The summed E-state index contributed by atoms with van der Waals surface area (Å²) in [6.45, 7) is 4.19. The predicted molar refractivity (Wildman–Crippen MR) is 66.1 cm³/mol. The van der Waals surface area contributed by atoms with Crippen molar-refractivity contribution in [1.82, 2.24) is 20.6 Å². The number of aromatic amines is 1. The standard InChI is InChI=1S/C12H17N5/c1-8-3-9(2)5-10(4-8)6-11(16-13)12-14-7-15-17-12/h3-5,7,11,16H,6,13H2,1-2H3,(H,14,15,17). The molecule has 90 valence electrons. The van der Waals surface area contributed by atoms with Gasteiger partial charge in [0, 0.05) is 0 Å². The van der Waals surface area contributed by atoms with Crippen molar-refractivity contribution >= 4 is 0 Å². The van der Waals surface area contributed by atoms with Crippen LogP contribution in [0.1, 0.15) is 28.6 Å². The monoisotopic (exact) mass is 231 g/mol. The van der Waals surface area contributed by atoms with Gasteiger partial charge in [0.2, 0.25) is 0 Å².